The topological polar surface area (TPSA) is 68.5 Å². The second-order valence-electron chi connectivity index (χ2n) is 6.03. The number of ether oxygens (including phenoxy) is 1. The fourth-order valence-electron chi connectivity index (χ4n) is 2.65. The van der Waals surface area contributed by atoms with Crippen molar-refractivity contribution in [2.24, 2.45) is 11.8 Å². The van der Waals surface area contributed by atoms with Gasteiger partial charge in [-0.25, -0.2) is 0 Å². The molecular weight excluding hydrogens is 270 g/mol. The van der Waals surface area contributed by atoms with Gasteiger partial charge in [0.15, 0.2) is 5.82 Å². The van der Waals surface area contributed by atoms with Gasteiger partial charge in [-0.2, -0.15) is 4.98 Å². The van der Waals surface area contributed by atoms with Crippen molar-refractivity contribution in [2.45, 2.75) is 46.6 Å². The minimum absolute atomic E-state index is 0.0308. The zero-order valence-corrected chi connectivity index (χ0v) is 13.2. The van der Waals surface area contributed by atoms with Crippen LogP contribution >= 0.6 is 0 Å². The normalized spacial score (nSPS) is 19.9. The molecule has 1 aliphatic heterocycles. The Morgan fingerprint density at radius 1 is 1.52 bits per heavy atom. The molecule has 0 bridgehead atoms. The van der Waals surface area contributed by atoms with Crippen LogP contribution < -0.4 is 0 Å². The second-order valence-corrected chi connectivity index (χ2v) is 6.03. The monoisotopic (exact) mass is 295 g/mol. The van der Waals surface area contributed by atoms with Crippen molar-refractivity contribution in [3.05, 3.63) is 11.7 Å². The zero-order valence-electron chi connectivity index (χ0n) is 13.2. The summed E-state index contributed by atoms with van der Waals surface area (Å²) in [5.74, 6) is 1.79. The van der Waals surface area contributed by atoms with Crippen LogP contribution in [0.1, 0.15) is 45.3 Å². The fraction of sp³-hybridized carbons (Fsp3) is 0.800. The van der Waals surface area contributed by atoms with Crippen molar-refractivity contribution in [3.8, 4) is 0 Å². The van der Waals surface area contributed by atoms with Crippen molar-refractivity contribution >= 4 is 5.97 Å². The number of hydrogen-bond acceptors (Lipinski definition) is 6. The van der Waals surface area contributed by atoms with Gasteiger partial charge < -0.3 is 9.26 Å². The Balaban J connectivity index is 1.87. The first kappa shape index (κ1) is 15.9. The number of esters is 1. The summed E-state index contributed by atoms with van der Waals surface area (Å²) in [4.78, 5) is 18.4. The average Bonchev–Trinajstić information content (AvgIpc) is 2.85. The number of likely N-dealkylation sites (tertiary alicyclic amines) is 1. The van der Waals surface area contributed by atoms with E-state index in [0.717, 1.165) is 31.6 Å². The van der Waals surface area contributed by atoms with Crippen molar-refractivity contribution in [3.63, 3.8) is 0 Å². The highest BCUT2D eigenvalue weighted by molar-refractivity contribution is 5.72. The molecule has 0 saturated carbocycles. The average molecular weight is 295 g/mol. The standard InChI is InChI=1S/C15H25N3O3/c1-4-20-15(19)12-6-5-7-18(9-12)10-14-16-13(17-21-14)8-11(2)3/h11-12H,4-10H2,1-3H3. The number of aromatic nitrogens is 2. The van der Waals surface area contributed by atoms with Crippen LogP contribution in [0.25, 0.3) is 0 Å². The number of hydrogen-bond donors (Lipinski definition) is 0. The zero-order chi connectivity index (χ0) is 15.2. The summed E-state index contributed by atoms with van der Waals surface area (Å²) in [7, 11) is 0. The van der Waals surface area contributed by atoms with Crippen LogP contribution in [-0.2, 0) is 22.5 Å². The predicted octanol–water partition coefficient (Wildman–Crippen LogP) is 2.04. The third kappa shape index (κ3) is 4.81. The molecule has 2 heterocycles. The molecule has 1 atom stereocenters. The van der Waals surface area contributed by atoms with Crippen LogP contribution in [0.3, 0.4) is 0 Å². The van der Waals surface area contributed by atoms with E-state index < -0.39 is 0 Å². The van der Waals surface area contributed by atoms with Gasteiger partial charge in [-0.3, -0.25) is 9.69 Å². The number of carbonyl (C=O) groups is 1. The van der Waals surface area contributed by atoms with Gasteiger partial charge in [0.25, 0.3) is 0 Å². The van der Waals surface area contributed by atoms with Crippen LogP contribution in [0.5, 0.6) is 0 Å². The van der Waals surface area contributed by atoms with Gasteiger partial charge in [0.05, 0.1) is 19.1 Å². The van der Waals surface area contributed by atoms with E-state index in [1.54, 1.807) is 0 Å². The highest BCUT2D eigenvalue weighted by Gasteiger charge is 2.27. The molecule has 6 heteroatoms. The molecule has 0 N–H and O–H groups in total. The third-order valence-corrected chi connectivity index (χ3v) is 3.59. The first-order chi connectivity index (χ1) is 10.1. The van der Waals surface area contributed by atoms with Gasteiger partial charge in [0.2, 0.25) is 5.89 Å². The Labute approximate surface area is 125 Å². The van der Waals surface area contributed by atoms with E-state index in [4.69, 9.17) is 9.26 Å². The number of rotatable bonds is 6. The van der Waals surface area contributed by atoms with Gasteiger partial charge in [-0.15, -0.1) is 0 Å². The maximum absolute atomic E-state index is 11.8. The molecule has 0 amide bonds. The molecule has 21 heavy (non-hydrogen) atoms. The highest BCUT2D eigenvalue weighted by atomic mass is 16.5. The minimum atomic E-state index is -0.0896. The van der Waals surface area contributed by atoms with Gasteiger partial charge in [0, 0.05) is 13.0 Å². The van der Waals surface area contributed by atoms with Crippen LogP contribution in [0, 0.1) is 11.8 Å². The summed E-state index contributed by atoms with van der Waals surface area (Å²) in [5, 5.41) is 4.00. The molecular formula is C15H25N3O3. The molecule has 0 spiro atoms. The molecule has 0 aliphatic carbocycles. The highest BCUT2D eigenvalue weighted by Crippen LogP contribution is 2.19. The van der Waals surface area contributed by atoms with E-state index in [0.29, 0.717) is 31.5 Å². The smallest absolute Gasteiger partial charge is 0.310 e. The molecule has 6 nitrogen and oxygen atoms in total. The molecule has 1 aliphatic rings. The van der Waals surface area contributed by atoms with Crippen molar-refractivity contribution in [1.82, 2.24) is 15.0 Å². The van der Waals surface area contributed by atoms with Gasteiger partial charge >= 0.3 is 5.97 Å². The van der Waals surface area contributed by atoms with E-state index in [2.05, 4.69) is 28.9 Å². The molecule has 1 fully saturated rings. The summed E-state index contributed by atoms with van der Waals surface area (Å²) >= 11 is 0. The quantitative estimate of drug-likeness (QED) is 0.748. The Morgan fingerprint density at radius 2 is 2.33 bits per heavy atom. The predicted molar refractivity (Wildman–Crippen MR) is 77.5 cm³/mol. The minimum Gasteiger partial charge on any atom is -0.466 e. The molecule has 1 unspecified atom stereocenters. The van der Waals surface area contributed by atoms with Crippen LogP contribution in [-0.4, -0.2) is 40.7 Å². The SMILES string of the molecule is CCOC(=O)C1CCCN(Cc2nc(CC(C)C)no2)C1. The molecule has 0 aromatic carbocycles. The lowest BCUT2D eigenvalue weighted by Crippen LogP contribution is -2.39. The third-order valence-electron chi connectivity index (χ3n) is 3.59. The Morgan fingerprint density at radius 3 is 3.05 bits per heavy atom. The maximum Gasteiger partial charge on any atom is 0.310 e. The Bertz CT molecular complexity index is 459. The van der Waals surface area contributed by atoms with E-state index in [1.807, 2.05) is 6.92 Å². The van der Waals surface area contributed by atoms with Gasteiger partial charge in [0.1, 0.15) is 0 Å². The lowest BCUT2D eigenvalue weighted by Gasteiger charge is -2.30. The number of piperidine rings is 1. The lowest BCUT2D eigenvalue weighted by atomic mass is 9.98. The Hall–Kier alpha value is -1.43. The van der Waals surface area contributed by atoms with E-state index >= 15 is 0 Å². The van der Waals surface area contributed by atoms with Crippen molar-refractivity contribution in [1.29, 1.82) is 0 Å². The van der Waals surface area contributed by atoms with Gasteiger partial charge in [-0.1, -0.05) is 19.0 Å². The van der Waals surface area contributed by atoms with Crippen LogP contribution in [0.15, 0.2) is 4.52 Å². The lowest BCUT2D eigenvalue weighted by molar-refractivity contribution is -0.150. The molecule has 1 aromatic heterocycles. The number of nitrogens with zero attached hydrogens (tertiary/aromatic N) is 3. The van der Waals surface area contributed by atoms with E-state index in [9.17, 15) is 4.79 Å². The molecule has 1 aromatic rings. The summed E-state index contributed by atoms with van der Waals surface area (Å²) in [6, 6.07) is 0. The summed E-state index contributed by atoms with van der Waals surface area (Å²) in [6.07, 6.45) is 2.73. The molecule has 118 valence electrons. The van der Waals surface area contributed by atoms with E-state index in [1.165, 1.54) is 0 Å². The number of carbonyl (C=O) groups excluding carboxylic acids is 1. The maximum atomic E-state index is 11.8. The molecule has 0 radical (unpaired) electrons. The summed E-state index contributed by atoms with van der Waals surface area (Å²) < 4.78 is 10.4. The molecule has 1 saturated heterocycles. The summed E-state index contributed by atoms with van der Waals surface area (Å²) in [6.45, 7) is 8.82. The fourth-order valence-corrected chi connectivity index (χ4v) is 2.65. The van der Waals surface area contributed by atoms with E-state index in [-0.39, 0.29) is 11.9 Å². The van der Waals surface area contributed by atoms with Gasteiger partial charge in [-0.05, 0) is 32.2 Å². The van der Waals surface area contributed by atoms with Crippen molar-refractivity contribution in [2.75, 3.05) is 19.7 Å². The van der Waals surface area contributed by atoms with Crippen molar-refractivity contribution < 1.29 is 14.1 Å². The molecule has 2 rings (SSSR count). The first-order valence-electron chi connectivity index (χ1n) is 7.79. The van der Waals surface area contributed by atoms with Crippen LogP contribution in [0.4, 0.5) is 0 Å². The second kappa shape index (κ2) is 7.54. The van der Waals surface area contributed by atoms with Crippen LogP contribution in [0.2, 0.25) is 0 Å². The Kier molecular flexibility index (Phi) is 5.73. The first-order valence-corrected chi connectivity index (χ1v) is 7.79. The largest absolute Gasteiger partial charge is 0.466 e. The summed E-state index contributed by atoms with van der Waals surface area (Å²) in [5.41, 5.74) is 0.